The number of rotatable bonds is 8. The Bertz CT molecular complexity index is 1690. The summed E-state index contributed by atoms with van der Waals surface area (Å²) >= 11 is 0. The van der Waals surface area contributed by atoms with Gasteiger partial charge in [-0.2, -0.15) is 5.26 Å². The summed E-state index contributed by atoms with van der Waals surface area (Å²) in [6.07, 6.45) is 1.56. The van der Waals surface area contributed by atoms with E-state index >= 15 is 0 Å². The Kier molecular flexibility index (Phi) is 7.41. The molecule has 2 heterocycles. The fraction of sp³-hybridized carbons (Fsp3) is 0.138. The highest BCUT2D eigenvalue weighted by atomic mass is 16.5. The van der Waals surface area contributed by atoms with E-state index in [-0.39, 0.29) is 30.4 Å². The molecule has 3 aromatic carbocycles. The van der Waals surface area contributed by atoms with E-state index in [0.29, 0.717) is 28.1 Å². The predicted octanol–water partition coefficient (Wildman–Crippen LogP) is 3.82. The Balaban J connectivity index is 1.47. The smallest absolute Gasteiger partial charge is 0.338 e. The number of hydrogen-bond donors (Lipinski definition) is 4. The molecular formula is C29H24N6O5. The number of esters is 1. The summed E-state index contributed by atoms with van der Waals surface area (Å²) in [5.41, 5.74) is 4.11. The predicted molar refractivity (Wildman–Crippen MR) is 145 cm³/mol. The van der Waals surface area contributed by atoms with Crippen LogP contribution in [0.4, 0.5) is 10.5 Å². The van der Waals surface area contributed by atoms with Crippen molar-refractivity contribution in [2.75, 3.05) is 11.9 Å². The fourth-order valence-electron chi connectivity index (χ4n) is 4.34. The van der Waals surface area contributed by atoms with Crippen LogP contribution >= 0.6 is 0 Å². The topological polar surface area (TPSA) is 158 Å². The van der Waals surface area contributed by atoms with Gasteiger partial charge in [0.05, 0.1) is 46.3 Å². The normalized spacial score (nSPS) is 14.6. The molecule has 5 rings (SSSR count). The fourth-order valence-corrected chi connectivity index (χ4v) is 4.34. The number of amides is 3. The molecule has 40 heavy (non-hydrogen) atoms. The summed E-state index contributed by atoms with van der Waals surface area (Å²) in [5, 5.41) is 17.4. The first-order valence-electron chi connectivity index (χ1n) is 12.3. The van der Waals surface area contributed by atoms with Gasteiger partial charge in [-0.25, -0.2) is 14.6 Å². The standard InChI is InChI=1S/C29H24N6O5/c1-17(36)33-21-6-3-7-22(12-21)39-15-25-26(28(37)40-14-19-5-2-4-18(10-19)13-30)27(35-29(38)34-25)20-8-9-23-24(11-20)32-16-31-23/h2-12,16,27H,14-15H2,1H3,(H,31,32)(H,33,36)(H2,34,35,38). The number of nitriles is 1. The van der Waals surface area contributed by atoms with Crippen molar-refractivity contribution < 1.29 is 23.9 Å². The monoisotopic (exact) mass is 536 g/mol. The third-order valence-electron chi connectivity index (χ3n) is 6.11. The second-order valence-electron chi connectivity index (χ2n) is 8.99. The third kappa shape index (κ3) is 5.92. The third-order valence-corrected chi connectivity index (χ3v) is 6.11. The quantitative estimate of drug-likeness (QED) is 0.249. The number of aromatic nitrogens is 2. The van der Waals surface area contributed by atoms with Crippen molar-refractivity contribution in [2.45, 2.75) is 19.6 Å². The van der Waals surface area contributed by atoms with Crippen molar-refractivity contribution in [3.05, 3.63) is 101 Å². The Morgan fingerprint density at radius 3 is 2.75 bits per heavy atom. The highest BCUT2D eigenvalue weighted by Gasteiger charge is 2.34. The highest BCUT2D eigenvalue weighted by molar-refractivity contribution is 5.95. The number of imidazole rings is 1. The van der Waals surface area contributed by atoms with Crippen LogP contribution in [-0.4, -0.2) is 34.5 Å². The number of aromatic amines is 1. The van der Waals surface area contributed by atoms with Gasteiger partial charge in [-0.15, -0.1) is 0 Å². The second-order valence-corrected chi connectivity index (χ2v) is 8.99. The Hall–Kier alpha value is -5.63. The number of hydrogen-bond acceptors (Lipinski definition) is 7. The van der Waals surface area contributed by atoms with Crippen LogP contribution in [0, 0.1) is 11.3 Å². The summed E-state index contributed by atoms with van der Waals surface area (Å²) < 4.78 is 11.6. The lowest BCUT2D eigenvalue weighted by Crippen LogP contribution is -2.47. The van der Waals surface area contributed by atoms with Crippen LogP contribution in [0.3, 0.4) is 0 Å². The van der Waals surface area contributed by atoms with E-state index in [1.165, 1.54) is 6.92 Å². The van der Waals surface area contributed by atoms with Crippen LogP contribution in [0.15, 0.2) is 84.3 Å². The largest absolute Gasteiger partial charge is 0.487 e. The van der Waals surface area contributed by atoms with Crippen LogP contribution in [0.1, 0.15) is 29.7 Å². The van der Waals surface area contributed by atoms with Gasteiger partial charge < -0.3 is 30.4 Å². The molecular weight excluding hydrogens is 512 g/mol. The number of anilines is 1. The number of nitrogens with zero attached hydrogens (tertiary/aromatic N) is 2. The van der Waals surface area contributed by atoms with Crippen LogP contribution in [-0.2, 0) is 20.9 Å². The summed E-state index contributed by atoms with van der Waals surface area (Å²) in [7, 11) is 0. The van der Waals surface area contributed by atoms with E-state index in [1.807, 2.05) is 0 Å². The lowest BCUT2D eigenvalue weighted by Gasteiger charge is -2.29. The van der Waals surface area contributed by atoms with Gasteiger partial charge in [-0.05, 0) is 47.5 Å². The number of carbonyl (C=O) groups is 3. The summed E-state index contributed by atoms with van der Waals surface area (Å²) in [5.74, 6) is -0.481. The molecule has 4 N–H and O–H groups in total. The van der Waals surface area contributed by atoms with Crippen molar-refractivity contribution in [1.82, 2.24) is 20.6 Å². The molecule has 3 amide bonds. The number of H-pyrrole nitrogens is 1. The molecule has 0 spiro atoms. The van der Waals surface area contributed by atoms with Crippen molar-refractivity contribution >= 4 is 34.6 Å². The average Bonchev–Trinajstić information content (AvgIpc) is 3.42. The van der Waals surface area contributed by atoms with E-state index in [4.69, 9.17) is 9.47 Å². The van der Waals surface area contributed by atoms with Gasteiger partial charge in [0.2, 0.25) is 5.91 Å². The molecule has 11 nitrogen and oxygen atoms in total. The molecule has 200 valence electrons. The van der Waals surface area contributed by atoms with Crippen molar-refractivity contribution in [1.29, 1.82) is 5.26 Å². The van der Waals surface area contributed by atoms with Gasteiger partial charge in [0.15, 0.2) is 0 Å². The highest BCUT2D eigenvalue weighted by Crippen LogP contribution is 2.30. The number of ether oxygens (including phenoxy) is 2. The maximum Gasteiger partial charge on any atom is 0.338 e. The number of urea groups is 1. The Labute approximate surface area is 228 Å². The molecule has 1 aliphatic heterocycles. The summed E-state index contributed by atoms with van der Waals surface area (Å²) in [4.78, 5) is 45.0. The van der Waals surface area contributed by atoms with Crippen LogP contribution < -0.4 is 20.7 Å². The van der Waals surface area contributed by atoms with Crippen LogP contribution in [0.25, 0.3) is 11.0 Å². The average molecular weight is 537 g/mol. The van der Waals surface area contributed by atoms with Crippen molar-refractivity contribution in [3.8, 4) is 11.8 Å². The van der Waals surface area contributed by atoms with E-state index < -0.39 is 18.0 Å². The van der Waals surface area contributed by atoms with Crippen molar-refractivity contribution in [2.24, 2.45) is 0 Å². The zero-order valence-corrected chi connectivity index (χ0v) is 21.4. The van der Waals surface area contributed by atoms with E-state index in [9.17, 15) is 19.6 Å². The maximum atomic E-state index is 13.6. The first-order valence-corrected chi connectivity index (χ1v) is 12.3. The minimum atomic E-state index is -0.844. The first-order chi connectivity index (χ1) is 19.4. The first kappa shape index (κ1) is 26.0. The molecule has 1 aromatic heterocycles. The number of carbonyl (C=O) groups excluding carboxylic acids is 3. The molecule has 0 bridgehead atoms. The zero-order chi connectivity index (χ0) is 28.1. The van der Waals surface area contributed by atoms with E-state index in [1.54, 1.807) is 73.1 Å². The van der Waals surface area contributed by atoms with Gasteiger partial charge in [0.25, 0.3) is 0 Å². The van der Waals surface area contributed by atoms with Gasteiger partial charge >= 0.3 is 12.0 Å². The Morgan fingerprint density at radius 2 is 1.93 bits per heavy atom. The Morgan fingerprint density at radius 1 is 1.07 bits per heavy atom. The van der Waals surface area contributed by atoms with Crippen LogP contribution in [0.2, 0.25) is 0 Å². The van der Waals surface area contributed by atoms with E-state index in [2.05, 4.69) is 32.0 Å². The molecule has 1 aliphatic rings. The zero-order valence-electron chi connectivity index (χ0n) is 21.4. The van der Waals surface area contributed by atoms with Crippen LogP contribution in [0.5, 0.6) is 5.75 Å². The minimum Gasteiger partial charge on any atom is -0.487 e. The van der Waals surface area contributed by atoms with Gasteiger partial charge in [0, 0.05) is 18.7 Å². The second kappa shape index (κ2) is 11.4. The van der Waals surface area contributed by atoms with Gasteiger partial charge in [-0.3, -0.25) is 4.79 Å². The summed E-state index contributed by atoms with van der Waals surface area (Å²) in [6, 6.07) is 19.6. The number of benzene rings is 3. The molecule has 1 unspecified atom stereocenters. The lowest BCUT2D eigenvalue weighted by molar-refractivity contribution is -0.140. The molecule has 0 aliphatic carbocycles. The molecule has 0 radical (unpaired) electrons. The molecule has 0 saturated heterocycles. The maximum absolute atomic E-state index is 13.6. The number of nitrogens with one attached hydrogen (secondary N) is 4. The van der Waals surface area contributed by atoms with Gasteiger partial charge in [-0.1, -0.05) is 24.3 Å². The molecule has 0 saturated carbocycles. The van der Waals surface area contributed by atoms with Crippen molar-refractivity contribution in [3.63, 3.8) is 0 Å². The molecule has 11 heteroatoms. The molecule has 4 aromatic rings. The summed E-state index contributed by atoms with van der Waals surface area (Å²) in [6.45, 7) is 1.16. The number of fused-ring (bicyclic) bond motifs is 1. The van der Waals surface area contributed by atoms with E-state index in [0.717, 1.165) is 11.0 Å². The molecule has 1 atom stereocenters. The van der Waals surface area contributed by atoms with Gasteiger partial charge in [0.1, 0.15) is 19.0 Å². The molecule has 0 fully saturated rings. The lowest BCUT2D eigenvalue weighted by atomic mass is 9.95. The minimum absolute atomic E-state index is 0.0784. The SMILES string of the molecule is CC(=O)Nc1cccc(OCC2=C(C(=O)OCc3cccc(C#N)c3)C(c3ccc4nc[nH]c4c3)NC(=O)N2)c1.